The second-order valence-corrected chi connectivity index (χ2v) is 4.24. The third kappa shape index (κ3) is 4.28. The Labute approximate surface area is 97.2 Å². The van der Waals surface area contributed by atoms with E-state index in [1.165, 1.54) is 0 Å². The van der Waals surface area contributed by atoms with Gasteiger partial charge >= 0.3 is 0 Å². The minimum absolute atomic E-state index is 0.541. The zero-order valence-electron chi connectivity index (χ0n) is 10.7. The summed E-state index contributed by atoms with van der Waals surface area (Å²) in [6.45, 7) is 8.51. The van der Waals surface area contributed by atoms with E-state index in [9.17, 15) is 0 Å². The van der Waals surface area contributed by atoms with Crippen LogP contribution in [0, 0.1) is 6.92 Å². The van der Waals surface area contributed by atoms with Gasteiger partial charge in [0.25, 0.3) is 0 Å². The van der Waals surface area contributed by atoms with Gasteiger partial charge in [-0.05, 0) is 19.9 Å². The van der Waals surface area contributed by atoms with Crippen molar-refractivity contribution in [1.82, 2.24) is 20.1 Å². The number of nitrogens with zero attached hydrogens (tertiary/aromatic N) is 3. The lowest BCUT2D eigenvalue weighted by molar-refractivity contribution is 0.111. The fraction of sp³-hybridized carbons (Fsp3) is 0.818. The highest BCUT2D eigenvalue weighted by Gasteiger charge is 2.03. The molecule has 0 aliphatic carbocycles. The number of hydrogen-bond donors (Lipinski definition) is 1. The topological polar surface area (TPSA) is 52.0 Å². The zero-order chi connectivity index (χ0) is 12.0. The molecule has 5 heteroatoms. The molecule has 1 aromatic heterocycles. The Morgan fingerprint density at radius 2 is 2.12 bits per heavy atom. The van der Waals surface area contributed by atoms with Crippen LogP contribution in [-0.4, -0.2) is 34.0 Å². The smallest absolute Gasteiger partial charge is 0.158 e. The quantitative estimate of drug-likeness (QED) is 0.705. The molecule has 0 atom stereocenters. The molecule has 0 amide bonds. The van der Waals surface area contributed by atoms with Gasteiger partial charge in [-0.2, -0.15) is 0 Å². The van der Waals surface area contributed by atoms with Crippen LogP contribution < -0.4 is 5.32 Å². The summed E-state index contributed by atoms with van der Waals surface area (Å²) in [5.74, 6) is 1.80. The maximum Gasteiger partial charge on any atom is 0.158 e. The molecule has 1 rings (SSSR count). The Morgan fingerprint density at radius 3 is 2.69 bits per heavy atom. The van der Waals surface area contributed by atoms with Gasteiger partial charge < -0.3 is 14.6 Å². The molecule has 92 valence electrons. The normalized spacial score (nSPS) is 11.3. The number of aryl methyl sites for hydroxylation is 1. The van der Waals surface area contributed by atoms with E-state index in [2.05, 4.69) is 29.4 Å². The van der Waals surface area contributed by atoms with Crippen LogP contribution >= 0.6 is 0 Å². The van der Waals surface area contributed by atoms with E-state index < -0.39 is 0 Å². The molecule has 0 aromatic carbocycles. The zero-order valence-corrected chi connectivity index (χ0v) is 10.7. The Bertz CT molecular complexity index is 309. The summed E-state index contributed by atoms with van der Waals surface area (Å²) in [5, 5.41) is 11.4. The van der Waals surface area contributed by atoms with Crippen LogP contribution in [0.15, 0.2) is 0 Å². The van der Waals surface area contributed by atoms with E-state index in [1.54, 1.807) is 0 Å². The molecule has 1 N–H and O–H groups in total. The molecule has 0 fully saturated rings. The molecule has 0 saturated heterocycles. The first kappa shape index (κ1) is 13.1. The fourth-order valence-corrected chi connectivity index (χ4v) is 1.31. The molecule has 16 heavy (non-hydrogen) atoms. The highest BCUT2D eigenvalue weighted by molar-refractivity contribution is 4.90. The molecule has 1 heterocycles. The number of aromatic nitrogens is 3. The minimum atomic E-state index is 0.541. The van der Waals surface area contributed by atoms with Crippen molar-refractivity contribution in [3.05, 3.63) is 11.6 Å². The third-order valence-electron chi connectivity index (χ3n) is 2.43. The third-order valence-corrected chi connectivity index (χ3v) is 2.43. The van der Waals surface area contributed by atoms with Crippen LogP contribution in [0.3, 0.4) is 0 Å². The van der Waals surface area contributed by atoms with Gasteiger partial charge in [0, 0.05) is 19.7 Å². The van der Waals surface area contributed by atoms with E-state index in [0.717, 1.165) is 31.2 Å². The Hall–Kier alpha value is -0.940. The highest BCUT2D eigenvalue weighted by atomic mass is 16.5. The number of ether oxygens (including phenoxy) is 1. The van der Waals surface area contributed by atoms with Crippen LogP contribution in [0.4, 0.5) is 0 Å². The van der Waals surface area contributed by atoms with Gasteiger partial charge in [0.2, 0.25) is 0 Å². The van der Waals surface area contributed by atoms with E-state index in [1.807, 2.05) is 18.5 Å². The standard InChI is InChI=1S/C11H22N4O/c1-9(2)12-6-5-7-16-8-11-14-13-10(3)15(11)4/h9,12H,5-8H2,1-4H3. The first-order valence-electron chi connectivity index (χ1n) is 5.77. The molecule has 1 aromatic rings. The second-order valence-electron chi connectivity index (χ2n) is 4.24. The average molecular weight is 226 g/mol. The van der Waals surface area contributed by atoms with Gasteiger partial charge in [-0.1, -0.05) is 13.8 Å². The van der Waals surface area contributed by atoms with Crippen LogP contribution in [-0.2, 0) is 18.4 Å². The van der Waals surface area contributed by atoms with Crippen LogP contribution in [0.1, 0.15) is 31.9 Å². The van der Waals surface area contributed by atoms with E-state index in [4.69, 9.17) is 4.74 Å². The van der Waals surface area contributed by atoms with Crippen LogP contribution in [0.25, 0.3) is 0 Å². The monoisotopic (exact) mass is 226 g/mol. The SMILES string of the molecule is Cc1nnc(COCCCNC(C)C)n1C. The lowest BCUT2D eigenvalue weighted by Gasteiger charge is -2.08. The molecule has 0 spiro atoms. The summed E-state index contributed by atoms with van der Waals surface area (Å²) < 4.78 is 7.48. The molecule has 0 aliphatic rings. The van der Waals surface area contributed by atoms with Crippen molar-refractivity contribution >= 4 is 0 Å². The Kier molecular flexibility index (Phi) is 5.42. The molecule has 0 aliphatic heterocycles. The average Bonchev–Trinajstić information content (AvgIpc) is 2.54. The van der Waals surface area contributed by atoms with Crippen molar-refractivity contribution in [3.8, 4) is 0 Å². The van der Waals surface area contributed by atoms with Gasteiger partial charge in [-0.15, -0.1) is 10.2 Å². The summed E-state index contributed by atoms with van der Waals surface area (Å²) in [5.41, 5.74) is 0. The van der Waals surface area contributed by atoms with Crippen molar-refractivity contribution in [3.63, 3.8) is 0 Å². The maximum absolute atomic E-state index is 5.53. The van der Waals surface area contributed by atoms with Gasteiger partial charge in [0.1, 0.15) is 12.4 Å². The van der Waals surface area contributed by atoms with Crippen molar-refractivity contribution in [1.29, 1.82) is 0 Å². The molecule has 0 radical (unpaired) electrons. The van der Waals surface area contributed by atoms with Gasteiger partial charge in [-0.3, -0.25) is 0 Å². The van der Waals surface area contributed by atoms with Crippen LogP contribution in [0.2, 0.25) is 0 Å². The van der Waals surface area contributed by atoms with Gasteiger partial charge in [0.05, 0.1) is 0 Å². The summed E-state index contributed by atoms with van der Waals surface area (Å²) in [7, 11) is 1.95. The highest BCUT2D eigenvalue weighted by Crippen LogP contribution is 1.99. The van der Waals surface area contributed by atoms with E-state index >= 15 is 0 Å². The lowest BCUT2D eigenvalue weighted by atomic mass is 10.3. The van der Waals surface area contributed by atoms with Crippen molar-refractivity contribution in [2.75, 3.05) is 13.2 Å². The van der Waals surface area contributed by atoms with Gasteiger partial charge in [-0.25, -0.2) is 0 Å². The molecule has 0 saturated carbocycles. The summed E-state index contributed by atoms with van der Waals surface area (Å²) in [6.07, 6.45) is 1.02. The molecule has 0 bridgehead atoms. The predicted molar refractivity (Wildman–Crippen MR) is 63.2 cm³/mol. The Morgan fingerprint density at radius 1 is 1.38 bits per heavy atom. The van der Waals surface area contributed by atoms with E-state index in [-0.39, 0.29) is 0 Å². The van der Waals surface area contributed by atoms with Crippen molar-refractivity contribution < 1.29 is 4.74 Å². The molecule has 0 unspecified atom stereocenters. The number of hydrogen-bond acceptors (Lipinski definition) is 4. The maximum atomic E-state index is 5.53. The van der Waals surface area contributed by atoms with Crippen molar-refractivity contribution in [2.45, 2.75) is 39.8 Å². The minimum Gasteiger partial charge on any atom is -0.373 e. The largest absolute Gasteiger partial charge is 0.373 e. The van der Waals surface area contributed by atoms with Crippen molar-refractivity contribution in [2.24, 2.45) is 7.05 Å². The lowest BCUT2D eigenvalue weighted by Crippen LogP contribution is -2.24. The fourth-order valence-electron chi connectivity index (χ4n) is 1.31. The molecular weight excluding hydrogens is 204 g/mol. The van der Waals surface area contributed by atoms with Gasteiger partial charge in [0.15, 0.2) is 5.82 Å². The second kappa shape index (κ2) is 6.60. The first-order chi connectivity index (χ1) is 7.61. The molecule has 5 nitrogen and oxygen atoms in total. The van der Waals surface area contributed by atoms with Crippen LogP contribution in [0.5, 0.6) is 0 Å². The summed E-state index contributed by atoms with van der Waals surface area (Å²) >= 11 is 0. The van der Waals surface area contributed by atoms with E-state index in [0.29, 0.717) is 12.6 Å². The molecular formula is C11H22N4O. The first-order valence-corrected chi connectivity index (χ1v) is 5.77. The predicted octanol–water partition coefficient (Wildman–Crippen LogP) is 1.03. The summed E-state index contributed by atoms with van der Waals surface area (Å²) in [4.78, 5) is 0. The summed E-state index contributed by atoms with van der Waals surface area (Å²) in [6, 6.07) is 0.543. The number of nitrogens with one attached hydrogen (secondary N) is 1. The Balaban J connectivity index is 2.10. The number of rotatable bonds is 7.